The SMILES string of the molecule is Cc1ccc(CC(C=O)NC(=O)[C@@H](NC(=O)OCc2ccccc2)C(C)C)cc1. The van der Waals surface area contributed by atoms with Gasteiger partial charge in [-0.3, -0.25) is 4.79 Å². The number of benzene rings is 2. The van der Waals surface area contributed by atoms with E-state index in [1.165, 1.54) is 0 Å². The number of amides is 2. The summed E-state index contributed by atoms with van der Waals surface area (Å²) in [5.41, 5.74) is 2.93. The van der Waals surface area contributed by atoms with Crippen LogP contribution < -0.4 is 10.6 Å². The van der Waals surface area contributed by atoms with Crippen molar-refractivity contribution in [2.75, 3.05) is 0 Å². The molecule has 0 aliphatic heterocycles. The Morgan fingerprint density at radius 2 is 1.62 bits per heavy atom. The average molecular weight is 396 g/mol. The number of aldehydes is 1. The Morgan fingerprint density at radius 1 is 0.966 bits per heavy atom. The predicted molar refractivity (Wildman–Crippen MR) is 111 cm³/mol. The summed E-state index contributed by atoms with van der Waals surface area (Å²) < 4.78 is 5.20. The first-order chi connectivity index (χ1) is 13.9. The topological polar surface area (TPSA) is 84.5 Å². The second-order valence-corrected chi connectivity index (χ2v) is 7.37. The van der Waals surface area contributed by atoms with Gasteiger partial charge in [0.25, 0.3) is 0 Å². The predicted octanol–water partition coefficient (Wildman–Crippen LogP) is 3.17. The lowest BCUT2D eigenvalue weighted by molar-refractivity contribution is -0.126. The van der Waals surface area contributed by atoms with Crippen LogP contribution in [0.25, 0.3) is 0 Å². The maximum Gasteiger partial charge on any atom is 0.408 e. The van der Waals surface area contributed by atoms with E-state index in [4.69, 9.17) is 4.74 Å². The minimum absolute atomic E-state index is 0.115. The highest BCUT2D eigenvalue weighted by Crippen LogP contribution is 2.08. The van der Waals surface area contributed by atoms with Gasteiger partial charge in [0, 0.05) is 0 Å². The second-order valence-electron chi connectivity index (χ2n) is 7.37. The van der Waals surface area contributed by atoms with Gasteiger partial charge < -0.3 is 20.2 Å². The third kappa shape index (κ3) is 7.41. The summed E-state index contributed by atoms with van der Waals surface area (Å²) in [4.78, 5) is 36.3. The average Bonchev–Trinajstić information content (AvgIpc) is 2.72. The first-order valence-electron chi connectivity index (χ1n) is 9.67. The molecule has 2 N–H and O–H groups in total. The van der Waals surface area contributed by atoms with Crippen molar-refractivity contribution in [2.45, 2.75) is 45.9 Å². The van der Waals surface area contributed by atoms with Gasteiger partial charge in [0.1, 0.15) is 18.9 Å². The van der Waals surface area contributed by atoms with Crippen molar-refractivity contribution in [3.63, 3.8) is 0 Å². The van der Waals surface area contributed by atoms with Crippen LogP contribution in [-0.2, 0) is 27.4 Å². The number of nitrogens with one attached hydrogen (secondary N) is 2. The molecule has 0 spiro atoms. The number of rotatable bonds is 9. The third-order valence-corrected chi connectivity index (χ3v) is 4.50. The normalized spacial score (nSPS) is 12.7. The molecule has 6 nitrogen and oxygen atoms in total. The fourth-order valence-electron chi connectivity index (χ4n) is 2.81. The number of hydrogen-bond donors (Lipinski definition) is 2. The van der Waals surface area contributed by atoms with E-state index in [9.17, 15) is 14.4 Å². The zero-order chi connectivity index (χ0) is 21.2. The van der Waals surface area contributed by atoms with Crippen molar-refractivity contribution < 1.29 is 19.1 Å². The molecular formula is C23H28N2O4. The van der Waals surface area contributed by atoms with Crippen LogP contribution in [0.4, 0.5) is 4.79 Å². The number of carbonyl (C=O) groups excluding carboxylic acids is 3. The lowest BCUT2D eigenvalue weighted by atomic mass is 10.0. The van der Waals surface area contributed by atoms with Crippen molar-refractivity contribution >= 4 is 18.3 Å². The van der Waals surface area contributed by atoms with E-state index < -0.39 is 24.1 Å². The van der Waals surface area contributed by atoms with E-state index in [2.05, 4.69) is 10.6 Å². The monoisotopic (exact) mass is 396 g/mol. The highest BCUT2D eigenvalue weighted by atomic mass is 16.5. The molecule has 2 aromatic carbocycles. The minimum atomic E-state index is -0.807. The van der Waals surface area contributed by atoms with Crippen LogP contribution in [0.15, 0.2) is 54.6 Å². The molecule has 0 saturated carbocycles. The number of alkyl carbamates (subject to hydrolysis) is 1. The smallest absolute Gasteiger partial charge is 0.408 e. The van der Waals surface area contributed by atoms with Crippen LogP contribution in [-0.4, -0.2) is 30.4 Å². The molecular weight excluding hydrogens is 368 g/mol. The number of ether oxygens (including phenoxy) is 1. The lowest BCUT2D eigenvalue weighted by Gasteiger charge is -2.23. The molecule has 0 aliphatic rings. The van der Waals surface area contributed by atoms with Crippen molar-refractivity contribution in [1.82, 2.24) is 10.6 Å². The molecule has 29 heavy (non-hydrogen) atoms. The maximum atomic E-state index is 12.7. The molecule has 0 aromatic heterocycles. The molecule has 2 atom stereocenters. The van der Waals surface area contributed by atoms with E-state index in [1.807, 2.05) is 75.4 Å². The van der Waals surface area contributed by atoms with Gasteiger partial charge in [-0.05, 0) is 30.4 Å². The Bertz CT molecular complexity index is 803. The first kappa shape index (κ1) is 22.1. The Kier molecular flexibility index (Phi) is 8.40. The van der Waals surface area contributed by atoms with Gasteiger partial charge in [0.15, 0.2) is 0 Å². The summed E-state index contributed by atoms with van der Waals surface area (Å²) in [6, 6.07) is 15.6. The Balaban J connectivity index is 1.91. The quantitative estimate of drug-likeness (QED) is 0.638. The van der Waals surface area contributed by atoms with Gasteiger partial charge in [-0.2, -0.15) is 0 Å². The molecule has 0 aliphatic carbocycles. The molecule has 0 bridgehead atoms. The van der Waals surface area contributed by atoms with Crippen LogP contribution in [0.1, 0.15) is 30.5 Å². The van der Waals surface area contributed by atoms with E-state index in [0.29, 0.717) is 12.7 Å². The van der Waals surface area contributed by atoms with Gasteiger partial charge in [0.2, 0.25) is 5.91 Å². The van der Waals surface area contributed by atoms with E-state index in [0.717, 1.165) is 16.7 Å². The summed E-state index contributed by atoms with van der Waals surface area (Å²) in [5, 5.41) is 5.31. The van der Waals surface area contributed by atoms with Crippen molar-refractivity contribution in [1.29, 1.82) is 0 Å². The summed E-state index contributed by atoms with van der Waals surface area (Å²) >= 11 is 0. The van der Waals surface area contributed by atoms with E-state index in [1.54, 1.807) is 0 Å². The molecule has 2 aromatic rings. The molecule has 154 valence electrons. The molecule has 2 rings (SSSR count). The van der Waals surface area contributed by atoms with Crippen LogP contribution in [0.5, 0.6) is 0 Å². The van der Waals surface area contributed by atoms with Gasteiger partial charge in [0.05, 0.1) is 6.04 Å². The van der Waals surface area contributed by atoms with E-state index >= 15 is 0 Å². The van der Waals surface area contributed by atoms with Crippen LogP contribution in [0.2, 0.25) is 0 Å². The maximum absolute atomic E-state index is 12.7. The zero-order valence-electron chi connectivity index (χ0n) is 17.1. The largest absolute Gasteiger partial charge is 0.445 e. The van der Waals surface area contributed by atoms with Crippen molar-refractivity contribution in [2.24, 2.45) is 5.92 Å². The molecule has 6 heteroatoms. The number of aryl methyl sites for hydroxylation is 1. The van der Waals surface area contributed by atoms with Crippen LogP contribution in [0, 0.1) is 12.8 Å². The molecule has 2 amide bonds. The highest BCUT2D eigenvalue weighted by Gasteiger charge is 2.26. The zero-order valence-corrected chi connectivity index (χ0v) is 17.1. The standard InChI is InChI=1S/C23H28N2O4/c1-16(2)21(25-23(28)29-15-19-7-5-4-6-8-19)22(27)24-20(14-26)13-18-11-9-17(3)10-12-18/h4-12,14,16,20-21H,13,15H2,1-3H3,(H,24,27)(H,25,28)/t20?,21-/m0/s1. The van der Waals surface area contributed by atoms with E-state index in [-0.39, 0.29) is 12.5 Å². The minimum Gasteiger partial charge on any atom is -0.445 e. The summed E-state index contributed by atoms with van der Waals surface area (Å²) in [5.74, 6) is -0.591. The summed E-state index contributed by atoms with van der Waals surface area (Å²) in [7, 11) is 0. The fourth-order valence-corrected chi connectivity index (χ4v) is 2.81. The first-order valence-corrected chi connectivity index (χ1v) is 9.67. The summed E-state index contributed by atoms with van der Waals surface area (Å²) in [6.07, 6.45) is 0.422. The molecule has 0 radical (unpaired) electrons. The summed E-state index contributed by atoms with van der Waals surface area (Å²) in [6.45, 7) is 5.73. The van der Waals surface area contributed by atoms with Crippen molar-refractivity contribution in [3.8, 4) is 0 Å². The van der Waals surface area contributed by atoms with Crippen LogP contribution >= 0.6 is 0 Å². The van der Waals surface area contributed by atoms with Gasteiger partial charge in [-0.1, -0.05) is 74.0 Å². The van der Waals surface area contributed by atoms with Gasteiger partial charge in [-0.25, -0.2) is 4.79 Å². The molecule has 1 unspecified atom stereocenters. The third-order valence-electron chi connectivity index (χ3n) is 4.50. The highest BCUT2D eigenvalue weighted by molar-refractivity contribution is 5.87. The second kappa shape index (κ2) is 11.0. The Hall–Kier alpha value is -3.15. The van der Waals surface area contributed by atoms with Gasteiger partial charge in [-0.15, -0.1) is 0 Å². The molecule has 0 fully saturated rings. The fraction of sp³-hybridized carbons (Fsp3) is 0.348. The Labute approximate surface area is 171 Å². The van der Waals surface area contributed by atoms with Crippen molar-refractivity contribution in [3.05, 3.63) is 71.3 Å². The molecule has 0 saturated heterocycles. The Morgan fingerprint density at radius 3 is 2.21 bits per heavy atom. The molecule has 0 heterocycles. The van der Waals surface area contributed by atoms with Gasteiger partial charge >= 0.3 is 6.09 Å². The van der Waals surface area contributed by atoms with Crippen LogP contribution in [0.3, 0.4) is 0 Å². The number of carbonyl (C=O) groups is 3. The lowest BCUT2D eigenvalue weighted by Crippen LogP contribution is -2.52. The number of hydrogen-bond acceptors (Lipinski definition) is 4.